The van der Waals surface area contributed by atoms with Gasteiger partial charge in [0.15, 0.2) is 0 Å². The Morgan fingerprint density at radius 1 is 1.03 bits per heavy atom. The molecule has 3 aromatic rings. The molecule has 0 saturated heterocycles. The third kappa shape index (κ3) is 5.31. The van der Waals surface area contributed by atoms with Crippen LogP contribution in [-0.4, -0.2) is 27.6 Å². The molecule has 0 aliphatic heterocycles. The van der Waals surface area contributed by atoms with Gasteiger partial charge in [0.2, 0.25) is 5.91 Å². The van der Waals surface area contributed by atoms with Gasteiger partial charge in [-0.25, -0.2) is 4.68 Å². The molecule has 3 rings (SSSR count). The van der Waals surface area contributed by atoms with Crippen molar-refractivity contribution in [2.24, 2.45) is 5.92 Å². The number of benzene rings is 2. The van der Waals surface area contributed by atoms with Gasteiger partial charge < -0.3 is 10.6 Å². The molecule has 1 heterocycles. The lowest BCUT2D eigenvalue weighted by Gasteiger charge is -2.23. The van der Waals surface area contributed by atoms with Crippen molar-refractivity contribution < 1.29 is 9.59 Å². The average molecular weight is 390 g/mol. The Labute approximate surface area is 170 Å². The number of hydrogen-bond acceptors (Lipinski definition) is 3. The van der Waals surface area contributed by atoms with Crippen LogP contribution in [0.2, 0.25) is 0 Å². The Morgan fingerprint density at radius 2 is 1.69 bits per heavy atom. The summed E-state index contributed by atoms with van der Waals surface area (Å²) in [5.74, 6) is -0.436. The molecule has 0 aliphatic carbocycles. The molecule has 150 valence electrons. The number of nitrogens with one attached hydrogen (secondary N) is 2. The molecule has 6 heteroatoms. The lowest BCUT2D eigenvalue weighted by molar-refractivity contribution is -0.124. The summed E-state index contributed by atoms with van der Waals surface area (Å²) >= 11 is 0. The minimum Gasteiger partial charge on any atom is -0.350 e. The van der Waals surface area contributed by atoms with E-state index < -0.39 is 6.04 Å². The summed E-state index contributed by atoms with van der Waals surface area (Å²) in [4.78, 5) is 25.3. The molecule has 2 atom stereocenters. The van der Waals surface area contributed by atoms with Crippen molar-refractivity contribution >= 4 is 11.8 Å². The molecule has 0 unspecified atom stereocenters. The largest absolute Gasteiger partial charge is 0.350 e. The fourth-order valence-corrected chi connectivity index (χ4v) is 2.99. The number of carbonyl (C=O) groups excluding carboxylic acids is 2. The van der Waals surface area contributed by atoms with Gasteiger partial charge in [-0.2, -0.15) is 5.10 Å². The van der Waals surface area contributed by atoms with Crippen LogP contribution in [0.1, 0.15) is 36.2 Å². The monoisotopic (exact) mass is 390 g/mol. The van der Waals surface area contributed by atoms with E-state index in [-0.39, 0.29) is 17.7 Å². The quantitative estimate of drug-likeness (QED) is 0.619. The van der Waals surface area contributed by atoms with Crippen molar-refractivity contribution in [1.29, 1.82) is 0 Å². The Morgan fingerprint density at radius 3 is 2.34 bits per heavy atom. The SMILES string of the molecule is CC[C@@H](C)[C@H](NC(=O)c1ccccc1)C(=O)NCc1cnn(-c2ccccc2)c1. The summed E-state index contributed by atoms with van der Waals surface area (Å²) in [5, 5.41) is 10.2. The van der Waals surface area contributed by atoms with E-state index in [1.165, 1.54) is 0 Å². The van der Waals surface area contributed by atoms with Crippen molar-refractivity contribution in [3.8, 4) is 5.69 Å². The van der Waals surface area contributed by atoms with Crippen molar-refractivity contribution in [3.05, 3.63) is 84.2 Å². The molecule has 0 bridgehead atoms. The maximum absolute atomic E-state index is 12.8. The molecular formula is C23H26N4O2. The van der Waals surface area contributed by atoms with E-state index in [4.69, 9.17) is 0 Å². The highest BCUT2D eigenvalue weighted by Crippen LogP contribution is 2.11. The van der Waals surface area contributed by atoms with Crippen LogP contribution in [0.4, 0.5) is 0 Å². The van der Waals surface area contributed by atoms with Crippen LogP contribution in [-0.2, 0) is 11.3 Å². The third-order valence-corrected chi connectivity index (χ3v) is 4.94. The maximum atomic E-state index is 12.8. The van der Waals surface area contributed by atoms with Crippen LogP contribution >= 0.6 is 0 Å². The van der Waals surface area contributed by atoms with Gasteiger partial charge in [-0.3, -0.25) is 9.59 Å². The molecule has 29 heavy (non-hydrogen) atoms. The minimum absolute atomic E-state index is 0.00899. The van der Waals surface area contributed by atoms with Crippen LogP contribution in [0.5, 0.6) is 0 Å². The zero-order valence-electron chi connectivity index (χ0n) is 16.7. The first-order valence-corrected chi connectivity index (χ1v) is 9.81. The smallest absolute Gasteiger partial charge is 0.251 e. The van der Waals surface area contributed by atoms with Crippen molar-refractivity contribution in [2.45, 2.75) is 32.9 Å². The predicted octanol–water partition coefficient (Wildman–Crippen LogP) is 3.33. The van der Waals surface area contributed by atoms with Crippen LogP contribution in [0, 0.1) is 5.92 Å². The third-order valence-electron chi connectivity index (χ3n) is 4.94. The van der Waals surface area contributed by atoms with E-state index in [1.54, 1.807) is 35.1 Å². The number of nitrogens with zero attached hydrogens (tertiary/aromatic N) is 2. The van der Waals surface area contributed by atoms with Crippen LogP contribution < -0.4 is 10.6 Å². The van der Waals surface area contributed by atoms with Gasteiger partial charge >= 0.3 is 0 Å². The van der Waals surface area contributed by atoms with Gasteiger partial charge in [0.05, 0.1) is 11.9 Å². The van der Waals surface area contributed by atoms with E-state index in [0.29, 0.717) is 12.1 Å². The maximum Gasteiger partial charge on any atom is 0.251 e. The Balaban J connectivity index is 1.63. The summed E-state index contributed by atoms with van der Waals surface area (Å²) in [6, 6.07) is 18.1. The predicted molar refractivity (Wildman–Crippen MR) is 113 cm³/mol. The number of rotatable bonds is 8. The molecule has 6 nitrogen and oxygen atoms in total. The summed E-state index contributed by atoms with van der Waals surface area (Å²) < 4.78 is 1.77. The first kappa shape index (κ1) is 20.3. The van der Waals surface area contributed by atoms with Crippen LogP contribution in [0.15, 0.2) is 73.1 Å². The molecule has 2 N–H and O–H groups in total. The van der Waals surface area contributed by atoms with Gasteiger partial charge in [0.1, 0.15) is 6.04 Å². The zero-order chi connectivity index (χ0) is 20.6. The van der Waals surface area contributed by atoms with E-state index >= 15 is 0 Å². The second-order valence-corrected chi connectivity index (χ2v) is 7.05. The molecular weight excluding hydrogens is 364 g/mol. The van der Waals surface area contributed by atoms with E-state index in [1.807, 2.05) is 56.4 Å². The van der Waals surface area contributed by atoms with E-state index in [0.717, 1.165) is 17.7 Å². The standard InChI is InChI=1S/C23H26N4O2/c1-3-17(2)21(26-22(28)19-10-6-4-7-11-19)23(29)24-14-18-15-25-27(16-18)20-12-8-5-9-13-20/h4-13,15-17,21H,3,14H2,1-2H3,(H,24,29)(H,26,28)/t17-,21+/m1/s1. The summed E-state index contributed by atoms with van der Waals surface area (Å²) in [5.41, 5.74) is 2.38. The first-order valence-electron chi connectivity index (χ1n) is 9.81. The molecule has 2 aromatic carbocycles. The lowest BCUT2D eigenvalue weighted by Crippen LogP contribution is -2.50. The number of aromatic nitrogens is 2. The topological polar surface area (TPSA) is 76.0 Å². The van der Waals surface area contributed by atoms with Crippen molar-refractivity contribution in [2.75, 3.05) is 0 Å². The molecule has 2 amide bonds. The Hall–Kier alpha value is -3.41. The molecule has 0 spiro atoms. The van der Waals surface area contributed by atoms with Gasteiger partial charge in [-0.1, -0.05) is 56.7 Å². The minimum atomic E-state index is -0.600. The average Bonchev–Trinajstić information content (AvgIpc) is 3.25. The Bertz CT molecular complexity index is 938. The summed E-state index contributed by atoms with van der Waals surface area (Å²) in [7, 11) is 0. The van der Waals surface area contributed by atoms with Crippen molar-refractivity contribution in [3.63, 3.8) is 0 Å². The van der Waals surface area contributed by atoms with Gasteiger partial charge in [-0.05, 0) is 30.2 Å². The first-order chi connectivity index (χ1) is 14.1. The summed E-state index contributed by atoms with van der Waals surface area (Å²) in [6.45, 7) is 4.31. The number of hydrogen-bond donors (Lipinski definition) is 2. The highest BCUT2D eigenvalue weighted by molar-refractivity contribution is 5.97. The van der Waals surface area contributed by atoms with Crippen LogP contribution in [0.25, 0.3) is 5.69 Å². The van der Waals surface area contributed by atoms with Gasteiger partial charge in [-0.15, -0.1) is 0 Å². The lowest BCUT2D eigenvalue weighted by atomic mass is 9.97. The summed E-state index contributed by atoms with van der Waals surface area (Å²) in [6.07, 6.45) is 4.39. The zero-order valence-corrected chi connectivity index (χ0v) is 16.7. The fraction of sp³-hybridized carbons (Fsp3) is 0.261. The highest BCUT2D eigenvalue weighted by atomic mass is 16.2. The van der Waals surface area contributed by atoms with Gasteiger partial charge in [0.25, 0.3) is 5.91 Å². The second-order valence-electron chi connectivity index (χ2n) is 7.05. The Kier molecular flexibility index (Phi) is 6.79. The van der Waals surface area contributed by atoms with E-state index in [9.17, 15) is 9.59 Å². The van der Waals surface area contributed by atoms with Gasteiger partial charge in [0, 0.05) is 23.9 Å². The molecule has 0 saturated carbocycles. The van der Waals surface area contributed by atoms with E-state index in [2.05, 4.69) is 15.7 Å². The fourth-order valence-electron chi connectivity index (χ4n) is 2.99. The molecule has 1 aromatic heterocycles. The number of para-hydroxylation sites is 1. The molecule has 0 fully saturated rings. The second kappa shape index (κ2) is 9.68. The normalized spacial score (nSPS) is 12.8. The highest BCUT2D eigenvalue weighted by Gasteiger charge is 2.26. The van der Waals surface area contributed by atoms with Crippen molar-refractivity contribution in [1.82, 2.24) is 20.4 Å². The molecule has 0 aliphatic rings. The number of carbonyl (C=O) groups is 2. The number of amides is 2. The van der Waals surface area contributed by atoms with Crippen LogP contribution in [0.3, 0.4) is 0 Å². The molecule has 0 radical (unpaired) electrons.